The number of ether oxygens (including phenoxy) is 1. The zero-order valence-corrected chi connectivity index (χ0v) is 11.3. The summed E-state index contributed by atoms with van der Waals surface area (Å²) in [5, 5.41) is 13.4. The number of phenols is 1. The monoisotopic (exact) mass is 249 g/mol. The number of hydrogen-bond acceptors (Lipinski definition) is 3. The Morgan fingerprint density at radius 3 is 2.72 bits per heavy atom. The van der Waals surface area contributed by atoms with E-state index in [1.165, 1.54) is 25.7 Å². The summed E-state index contributed by atoms with van der Waals surface area (Å²) >= 11 is 0. The standard InChI is InChI=1S/C15H23NO2/c1-11(12-5-3-4-6-12)16-10-13-7-8-14(18-2)9-15(13)17/h7-9,11-12,16-17H,3-6,10H2,1-2H3/t11-/m1/s1. The normalized spacial score (nSPS) is 17.9. The van der Waals surface area contributed by atoms with Gasteiger partial charge >= 0.3 is 0 Å². The summed E-state index contributed by atoms with van der Waals surface area (Å²) in [5.74, 6) is 1.80. The smallest absolute Gasteiger partial charge is 0.123 e. The number of aromatic hydroxyl groups is 1. The minimum Gasteiger partial charge on any atom is -0.507 e. The fourth-order valence-corrected chi connectivity index (χ4v) is 2.72. The highest BCUT2D eigenvalue weighted by atomic mass is 16.5. The molecule has 0 heterocycles. The summed E-state index contributed by atoms with van der Waals surface area (Å²) in [6, 6.07) is 5.99. The highest BCUT2D eigenvalue weighted by molar-refractivity contribution is 5.39. The second-order valence-electron chi connectivity index (χ2n) is 5.21. The predicted octanol–water partition coefficient (Wildman–Crippen LogP) is 3.07. The molecule has 0 unspecified atom stereocenters. The van der Waals surface area contributed by atoms with Crippen LogP contribution >= 0.6 is 0 Å². The molecule has 3 heteroatoms. The van der Waals surface area contributed by atoms with Crippen LogP contribution in [0.4, 0.5) is 0 Å². The van der Waals surface area contributed by atoms with E-state index in [1.54, 1.807) is 13.2 Å². The molecule has 0 spiro atoms. The number of phenolic OH excluding ortho intramolecular Hbond substituents is 1. The van der Waals surface area contributed by atoms with Crippen LogP contribution in [0.15, 0.2) is 18.2 Å². The Morgan fingerprint density at radius 1 is 1.39 bits per heavy atom. The van der Waals surface area contributed by atoms with Gasteiger partial charge in [0.2, 0.25) is 0 Å². The summed E-state index contributed by atoms with van der Waals surface area (Å²) in [6.07, 6.45) is 5.40. The molecule has 1 fully saturated rings. The Bertz CT molecular complexity index is 386. The molecule has 0 radical (unpaired) electrons. The van der Waals surface area contributed by atoms with E-state index >= 15 is 0 Å². The maximum atomic E-state index is 9.88. The van der Waals surface area contributed by atoms with Gasteiger partial charge in [0.25, 0.3) is 0 Å². The molecule has 3 nitrogen and oxygen atoms in total. The van der Waals surface area contributed by atoms with Gasteiger partial charge < -0.3 is 15.2 Å². The van der Waals surface area contributed by atoms with Crippen LogP contribution in [-0.2, 0) is 6.54 Å². The lowest BCUT2D eigenvalue weighted by atomic mass is 9.99. The molecule has 1 saturated carbocycles. The number of methoxy groups -OCH3 is 1. The molecule has 1 aliphatic rings. The quantitative estimate of drug-likeness (QED) is 0.842. The largest absolute Gasteiger partial charge is 0.507 e. The van der Waals surface area contributed by atoms with Crippen molar-refractivity contribution in [1.82, 2.24) is 5.32 Å². The predicted molar refractivity (Wildman–Crippen MR) is 72.9 cm³/mol. The van der Waals surface area contributed by atoms with Crippen molar-refractivity contribution in [1.29, 1.82) is 0 Å². The summed E-state index contributed by atoms with van der Waals surface area (Å²) < 4.78 is 5.08. The zero-order chi connectivity index (χ0) is 13.0. The van der Waals surface area contributed by atoms with Gasteiger partial charge in [-0.25, -0.2) is 0 Å². The van der Waals surface area contributed by atoms with Crippen molar-refractivity contribution in [3.63, 3.8) is 0 Å². The van der Waals surface area contributed by atoms with Gasteiger partial charge in [-0.1, -0.05) is 18.9 Å². The molecule has 2 rings (SSSR count). The SMILES string of the molecule is COc1ccc(CN[C@H](C)C2CCCC2)c(O)c1. The first-order valence-electron chi connectivity index (χ1n) is 6.80. The molecule has 100 valence electrons. The van der Waals surface area contributed by atoms with E-state index in [0.29, 0.717) is 24.1 Å². The number of rotatable bonds is 5. The molecule has 2 N–H and O–H groups in total. The van der Waals surface area contributed by atoms with Gasteiger partial charge in [0.05, 0.1) is 7.11 Å². The molecule has 1 aromatic rings. The first kappa shape index (κ1) is 13.2. The topological polar surface area (TPSA) is 41.5 Å². The molecule has 18 heavy (non-hydrogen) atoms. The van der Waals surface area contributed by atoms with Crippen molar-refractivity contribution in [2.75, 3.05) is 7.11 Å². The van der Waals surface area contributed by atoms with Crippen molar-refractivity contribution in [2.24, 2.45) is 5.92 Å². The van der Waals surface area contributed by atoms with E-state index in [4.69, 9.17) is 4.74 Å². The lowest BCUT2D eigenvalue weighted by Gasteiger charge is -2.20. The molecular weight excluding hydrogens is 226 g/mol. The van der Waals surface area contributed by atoms with Crippen LogP contribution in [0.5, 0.6) is 11.5 Å². The number of hydrogen-bond donors (Lipinski definition) is 2. The lowest BCUT2D eigenvalue weighted by molar-refractivity contribution is 0.374. The van der Waals surface area contributed by atoms with E-state index in [9.17, 15) is 5.11 Å². The summed E-state index contributed by atoms with van der Waals surface area (Å²) in [6.45, 7) is 2.96. The Balaban J connectivity index is 1.89. The maximum absolute atomic E-state index is 9.88. The summed E-state index contributed by atoms with van der Waals surface area (Å²) in [5.41, 5.74) is 0.931. The molecule has 0 aliphatic heterocycles. The maximum Gasteiger partial charge on any atom is 0.123 e. The van der Waals surface area contributed by atoms with Gasteiger partial charge in [0.15, 0.2) is 0 Å². The molecule has 1 aliphatic carbocycles. The third kappa shape index (κ3) is 3.16. The highest BCUT2D eigenvalue weighted by Gasteiger charge is 2.21. The van der Waals surface area contributed by atoms with Crippen LogP contribution in [0.2, 0.25) is 0 Å². The van der Waals surface area contributed by atoms with Crippen LogP contribution in [0, 0.1) is 5.92 Å². The van der Waals surface area contributed by atoms with Gasteiger partial charge in [-0.3, -0.25) is 0 Å². The number of benzene rings is 1. The molecule has 0 bridgehead atoms. The first-order valence-corrected chi connectivity index (χ1v) is 6.80. The highest BCUT2D eigenvalue weighted by Crippen LogP contribution is 2.28. The van der Waals surface area contributed by atoms with Gasteiger partial charge in [-0.2, -0.15) is 0 Å². The van der Waals surface area contributed by atoms with Gasteiger partial charge in [-0.05, 0) is 31.7 Å². The van der Waals surface area contributed by atoms with Crippen LogP contribution in [-0.4, -0.2) is 18.3 Å². The third-order valence-corrected chi connectivity index (χ3v) is 4.01. The van der Waals surface area contributed by atoms with E-state index in [-0.39, 0.29) is 0 Å². The Hall–Kier alpha value is -1.22. The molecular formula is C15H23NO2. The fraction of sp³-hybridized carbons (Fsp3) is 0.600. The zero-order valence-electron chi connectivity index (χ0n) is 11.3. The van der Waals surface area contributed by atoms with E-state index in [2.05, 4.69) is 12.2 Å². The average molecular weight is 249 g/mol. The average Bonchev–Trinajstić information content (AvgIpc) is 2.90. The van der Waals surface area contributed by atoms with Crippen molar-refractivity contribution in [3.8, 4) is 11.5 Å². The third-order valence-electron chi connectivity index (χ3n) is 4.01. The van der Waals surface area contributed by atoms with Gasteiger partial charge in [0, 0.05) is 24.2 Å². The molecule has 1 atom stereocenters. The minimum absolute atomic E-state index is 0.306. The van der Waals surface area contributed by atoms with Gasteiger partial charge in [0.1, 0.15) is 11.5 Å². The molecule has 1 aromatic carbocycles. The lowest BCUT2D eigenvalue weighted by Crippen LogP contribution is -2.31. The van der Waals surface area contributed by atoms with Crippen molar-refractivity contribution >= 4 is 0 Å². The van der Waals surface area contributed by atoms with E-state index in [1.807, 2.05) is 12.1 Å². The van der Waals surface area contributed by atoms with Gasteiger partial charge in [-0.15, -0.1) is 0 Å². The molecule has 0 amide bonds. The van der Waals surface area contributed by atoms with E-state index < -0.39 is 0 Å². The Labute approximate surface area is 109 Å². The summed E-state index contributed by atoms with van der Waals surface area (Å²) in [7, 11) is 1.61. The Kier molecular flexibility index (Phi) is 4.48. The minimum atomic E-state index is 0.306. The summed E-state index contributed by atoms with van der Waals surface area (Å²) in [4.78, 5) is 0. The number of nitrogens with one attached hydrogen (secondary N) is 1. The second-order valence-corrected chi connectivity index (χ2v) is 5.21. The second kappa shape index (κ2) is 6.10. The van der Waals surface area contributed by atoms with E-state index in [0.717, 1.165) is 11.5 Å². The van der Waals surface area contributed by atoms with Crippen LogP contribution in [0.3, 0.4) is 0 Å². The van der Waals surface area contributed by atoms with Crippen LogP contribution in [0.1, 0.15) is 38.2 Å². The Morgan fingerprint density at radius 2 is 2.11 bits per heavy atom. The fourth-order valence-electron chi connectivity index (χ4n) is 2.72. The van der Waals surface area contributed by atoms with Crippen molar-refractivity contribution in [3.05, 3.63) is 23.8 Å². The van der Waals surface area contributed by atoms with Crippen molar-refractivity contribution in [2.45, 2.75) is 45.2 Å². The molecule has 0 aromatic heterocycles. The molecule has 0 saturated heterocycles. The first-order chi connectivity index (χ1) is 8.70. The van der Waals surface area contributed by atoms with Crippen molar-refractivity contribution < 1.29 is 9.84 Å². The van der Waals surface area contributed by atoms with Crippen LogP contribution in [0.25, 0.3) is 0 Å². The van der Waals surface area contributed by atoms with Crippen LogP contribution < -0.4 is 10.1 Å².